The van der Waals surface area contributed by atoms with Gasteiger partial charge in [0.25, 0.3) is 5.91 Å². The third kappa shape index (κ3) is 4.37. The highest BCUT2D eigenvalue weighted by Gasteiger charge is 2.29. The van der Waals surface area contributed by atoms with Crippen molar-refractivity contribution < 1.29 is 19.1 Å². The second-order valence-corrected chi connectivity index (χ2v) is 5.56. The number of carbonyl (C=O) groups excluding carboxylic acids is 2. The molecule has 0 saturated carbocycles. The molecule has 5 nitrogen and oxygen atoms in total. The number of ether oxygens (including phenoxy) is 2. The van der Waals surface area contributed by atoms with E-state index in [4.69, 9.17) is 21.1 Å². The molecule has 1 aromatic rings. The van der Waals surface area contributed by atoms with Crippen LogP contribution in [0.25, 0.3) is 0 Å². The molecule has 0 bridgehead atoms. The van der Waals surface area contributed by atoms with Gasteiger partial charge >= 0.3 is 5.97 Å². The molecule has 1 heterocycles. The van der Waals surface area contributed by atoms with Gasteiger partial charge in [0, 0.05) is 13.1 Å². The summed E-state index contributed by atoms with van der Waals surface area (Å²) in [5, 5.41) is 0.471. The number of likely N-dealkylation sites (tertiary alicyclic amines) is 1. The third-order valence-corrected chi connectivity index (χ3v) is 3.89. The van der Waals surface area contributed by atoms with E-state index in [1.54, 1.807) is 36.1 Å². The fourth-order valence-corrected chi connectivity index (χ4v) is 2.64. The second-order valence-electron chi connectivity index (χ2n) is 5.15. The SMILES string of the molecule is CCOC(=O)[C@@H]1CCCN(C(=O)COc2ccccc2Cl)C1. The van der Waals surface area contributed by atoms with Crippen LogP contribution in [-0.2, 0) is 14.3 Å². The van der Waals surface area contributed by atoms with Gasteiger partial charge in [0.15, 0.2) is 6.61 Å². The van der Waals surface area contributed by atoms with Gasteiger partial charge in [-0.15, -0.1) is 0 Å². The number of benzene rings is 1. The number of esters is 1. The molecule has 1 saturated heterocycles. The summed E-state index contributed by atoms with van der Waals surface area (Å²) in [6.07, 6.45) is 1.55. The van der Waals surface area contributed by atoms with Crippen molar-refractivity contribution in [3.63, 3.8) is 0 Å². The molecule has 0 N–H and O–H groups in total. The highest BCUT2D eigenvalue weighted by molar-refractivity contribution is 6.32. The van der Waals surface area contributed by atoms with Crippen molar-refractivity contribution in [2.45, 2.75) is 19.8 Å². The van der Waals surface area contributed by atoms with Gasteiger partial charge in [-0.05, 0) is 31.9 Å². The molecule has 120 valence electrons. The number of para-hydroxylation sites is 1. The number of hydrogen-bond donors (Lipinski definition) is 0. The lowest BCUT2D eigenvalue weighted by atomic mass is 9.98. The summed E-state index contributed by atoms with van der Waals surface area (Å²) in [6, 6.07) is 7.02. The maximum absolute atomic E-state index is 12.2. The molecule has 1 aliphatic heterocycles. The Bertz CT molecular complexity index is 535. The number of rotatable bonds is 5. The zero-order chi connectivity index (χ0) is 15.9. The molecular weight excluding hydrogens is 306 g/mol. The van der Waals surface area contributed by atoms with Crippen molar-refractivity contribution in [1.29, 1.82) is 0 Å². The number of amides is 1. The second kappa shape index (κ2) is 8.03. The van der Waals surface area contributed by atoms with Crippen molar-refractivity contribution >= 4 is 23.5 Å². The minimum atomic E-state index is -0.238. The van der Waals surface area contributed by atoms with Crippen LogP contribution in [0.15, 0.2) is 24.3 Å². The van der Waals surface area contributed by atoms with Gasteiger partial charge in [0.2, 0.25) is 0 Å². The zero-order valence-corrected chi connectivity index (χ0v) is 13.3. The van der Waals surface area contributed by atoms with E-state index in [1.807, 2.05) is 0 Å². The number of halogens is 1. The Kier molecular flexibility index (Phi) is 6.07. The van der Waals surface area contributed by atoms with E-state index in [0.717, 1.165) is 12.8 Å². The predicted octanol–water partition coefficient (Wildman–Crippen LogP) is 2.52. The monoisotopic (exact) mass is 325 g/mol. The maximum Gasteiger partial charge on any atom is 0.310 e. The van der Waals surface area contributed by atoms with Crippen molar-refractivity contribution in [2.24, 2.45) is 5.92 Å². The average Bonchev–Trinajstić information content (AvgIpc) is 2.54. The van der Waals surface area contributed by atoms with E-state index in [0.29, 0.717) is 30.5 Å². The van der Waals surface area contributed by atoms with Crippen LogP contribution in [0.5, 0.6) is 5.75 Å². The minimum Gasteiger partial charge on any atom is -0.482 e. The van der Waals surface area contributed by atoms with E-state index in [2.05, 4.69) is 0 Å². The predicted molar refractivity (Wildman–Crippen MR) is 82.9 cm³/mol. The first kappa shape index (κ1) is 16.6. The number of carbonyl (C=O) groups is 2. The lowest BCUT2D eigenvalue weighted by molar-refractivity contribution is -0.151. The van der Waals surface area contributed by atoms with Gasteiger partial charge < -0.3 is 14.4 Å². The summed E-state index contributed by atoms with van der Waals surface area (Å²) < 4.78 is 10.5. The standard InChI is InChI=1S/C16H20ClNO4/c1-2-21-16(20)12-6-5-9-18(10-12)15(19)11-22-14-8-4-3-7-13(14)17/h3-4,7-8,12H,2,5-6,9-11H2,1H3/t12-/m1/s1. The topological polar surface area (TPSA) is 55.8 Å². The lowest BCUT2D eigenvalue weighted by Crippen LogP contribution is -2.44. The van der Waals surface area contributed by atoms with Crippen LogP contribution < -0.4 is 4.74 Å². The van der Waals surface area contributed by atoms with Gasteiger partial charge in [-0.2, -0.15) is 0 Å². The Morgan fingerprint density at radius 2 is 2.14 bits per heavy atom. The third-order valence-electron chi connectivity index (χ3n) is 3.58. The Labute approximate surface area is 135 Å². The zero-order valence-electron chi connectivity index (χ0n) is 12.6. The summed E-state index contributed by atoms with van der Waals surface area (Å²) in [7, 11) is 0. The Morgan fingerprint density at radius 1 is 1.36 bits per heavy atom. The highest BCUT2D eigenvalue weighted by Crippen LogP contribution is 2.23. The van der Waals surface area contributed by atoms with Gasteiger partial charge in [-0.25, -0.2) is 0 Å². The first-order chi connectivity index (χ1) is 10.6. The van der Waals surface area contributed by atoms with E-state index >= 15 is 0 Å². The molecule has 0 spiro atoms. The van der Waals surface area contributed by atoms with Crippen LogP contribution >= 0.6 is 11.6 Å². The molecule has 0 radical (unpaired) electrons. The Hall–Kier alpha value is -1.75. The van der Waals surface area contributed by atoms with Crippen LogP contribution in [0, 0.1) is 5.92 Å². The lowest BCUT2D eigenvalue weighted by Gasteiger charge is -2.31. The average molecular weight is 326 g/mol. The first-order valence-corrected chi connectivity index (χ1v) is 7.81. The molecule has 2 rings (SSSR count). The van der Waals surface area contributed by atoms with Crippen molar-refractivity contribution in [3.8, 4) is 5.75 Å². The molecule has 22 heavy (non-hydrogen) atoms. The smallest absolute Gasteiger partial charge is 0.310 e. The van der Waals surface area contributed by atoms with E-state index < -0.39 is 0 Å². The Balaban J connectivity index is 1.87. The summed E-state index contributed by atoms with van der Waals surface area (Å²) in [6.45, 7) is 3.09. The maximum atomic E-state index is 12.2. The number of nitrogens with zero attached hydrogens (tertiary/aromatic N) is 1. The summed E-state index contributed by atoms with van der Waals surface area (Å²) in [5.74, 6) is -0.129. The van der Waals surface area contributed by atoms with Gasteiger partial charge in [-0.3, -0.25) is 9.59 Å². The number of hydrogen-bond acceptors (Lipinski definition) is 4. The van der Waals surface area contributed by atoms with E-state index in [-0.39, 0.29) is 24.4 Å². The fraction of sp³-hybridized carbons (Fsp3) is 0.500. The molecule has 1 fully saturated rings. The first-order valence-electron chi connectivity index (χ1n) is 7.43. The van der Waals surface area contributed by atoms with Crippen molar-refractivity contribution in [3.05, 3.63) is 29.3 Å². The van der Waals surface area contributed by atoms with E-state index in [9.17, 15) is 9.59 Å². The van der Waals surface area contributed by atoms with Crippen LogP contribution in [0.1, 0.15) is 19.8 Å². The molecule has 0 aliphatic carbocycles. The molecule has 1 atom stereocenters. The molecular formula is C16H20ClNO4. The summed E-state index contributed by atoms with van der Waals surface area (Å²) in [4.78, 5) is 25.7. The van der Waals surface area contributed by atoms with Crippen molar-refractivity contribution in [2.75, 3.05) is 26.3 Å². The Morgan fingerprint density at radius 3 is 2.86 bits per heavy atom. The molecule has 0 unspecified atom stereocenters. The van der Waals surface area contributed by atoms with Crippen molar-refractivity contribution in [1.82, 2.24) is 4.90 Å². The van der Waals surface area contributed by atoms with Gasteiger partial charge in [-0.1, -0.05) is 23.7 Å². The van der Waals surface area contributed by atoms with Crippen LogP contribution in [0.3, 0.4) is 0 Å². The molecule has 1 aromatic carbocycles. The van der Waals surface area contributed by atoms with E-state index in [1.165, 1.54) is 0 Å². The quantitative estimate of drug-likeness (QED) is 0.781. The minimum absolute atomic E-state index is 0.0840. The summed E-state index contributed by atoms with van der Waals surface area (Å²) >= 11 is 5.98. The largest absolute Gasteiger partial charge is 0.482 e. The number of piperidine rings is 1. The van der Waals surface area contributed by atoms with Gasteiger partial charge in [0.05, 0.1) is 17.5 Å². The molecule has 6 heteroatoms. The normalized spacial score (nSPS) is 17.9. The fourth-order valence-electron chi connectivity index (χ4n) is 2.45. The van der Waals surface area contributed by atoms with Crippen LogP contribution in [0.4, 0.5) is 0 Å². The highest BCUT2D eigenvalue weighted by atomic mass is 35.5. The van der Waals surface area contributed by atoms with Crippen LogP contribution in [0.2, 0.25) is 5.02 Å². The van der Waals surface area contributed by atoms with Crippen LogP contribution in [-0.4, -0.2) is 43.1 Å². The molecule has 1 aliphatic rings. The molecule has 0 aromatic heterocycles. The molecule has 1 amide bonds. The summed E-state index contributed by atoms with van der Waals surface area (Å²) in [5.41, 5.74) is 0. The van der Waals surface area contributed by atoms with Gasteiger partial charge in [0.1, 0.15) is 5.75 Å².